The van der Waals surface area contributed by atoms with Gasteiger partial charge in [-0.05, 0) is 48.8 Å². The molecule has 4 rings (SSSR count). The minimum atomic E-state index is 0.251. The van der Waals surface area contributed by atoms with Crippen LogP contribution in [-0.2, 0) is 17.8 Å². The van der Waals surface area contributed by atoms with E-state index in [9.17, 15) is 4.79 Å². The van der Waals surface area contributed by atoms with E-state index in [1.807, 2.05) is 11.0 Å². The van der Waals surface area contributed by atoms with Crippen molar-refractivity contribution in [2.45, 2.75) is 38.3 Å². The van der Waals surface area contributed by atoms with E-state index in [2.05, 4.69) is 40.6 Å². The zero-order valence-electron chi connectivity index (χ0n) is 13.3. The number of carbonyl (C=O) groups excluding carboxylic acids is 1. The van der Waals surface area contributed by atoms with Crippen LogP contribution in [0.2, 0.25) is 0 Å². The standard InChI is InChI=1S/C19H22N2OS/c22-19(21-11-3-6-15-5-1-2-8-18(15)21)14-20(16-9-10-16)13-17-7-4-12-23-17/h1-2,4-5,7-8,12,16H,3,6,9-11,13-14H2. The summed E-state index contributed by atoms with van der Waals surface area (Å²) in [6.07, 6.45) is 4.61. The molecule has 4 heteroatoms. The molecule has 2 aromatic rings. The molecule has 0 bridgehead atoms. The molecule has 1 aliphatic carbocycles. The summed E-state index contributed by atoms with van der Waals surface area (Å²) in [4.78, 5) is 18.6. The smallest absolute Gasteiger partial charge is 0.241 e. The van der Waals surface area contributed by atoms with Crippen molar-refractivity contribution >= 4 is 22.9 Å². The van der Waals surface area contributed by atoms with Gasteiger partial charge >= 0.3 is 0 Å². The summed E-state index contributed by atoms with van der Waals surface area (Å²) in [7, 11) is 0. The van der Waals surface area contributed by atoms with Gasteiger partial charge in [0.2, 0.25) is 5.91 Å². The van der Waals surface area contributed by atoms with Gasteiger partial charge in [-0.3, -0.25) is 9.69 Å². The number of hydrogen-bond acceptors (Lipinski definition) is 3. The molecule has 0 unspecified atom stereocenters. The van der Waals surface area contributed by atoms with Crippen molar-refractivity contribution in [2.24, 2.45) is 0 Å². The fourth-order valence-corrected chi connectivity index (χ4v) is 4.14. The van der Waals surface area contributed by atoms with Crippen molar-refractivity contribution in [3.8, 4) is 0 Å². The first-order valence-corrected chi connectivity index (χ1v) is 9.34. The molecule has 0 atom stereocenters. The third kappa shape index (κ3) is 3.33. The number of nitrogens with zero attached hydrogens (tertiary/aromatic N) is 2. The highest BCUT2D eigenvalue weighted by molar-refractivity contribution is 7.09. The van der Waals surface area contributed by atoms with Crippen LogP contribution in [0, 0.1) is 0 Å². The topological polar surface area (TPSA) is 23.6 Å². The van der Waals surface area contributed by atoms with Crippen LogP contribution in [0.4, 0.5) is 5.69 Å². The quantitative estimate of drug-likeness (QED) is 0.836. The van der Waals surface area contributed by atoms with Gasteiger partial charge < -0.3 is 4.90 Å². The Labute approximate surface area is 141 Å². The van der Waals surface area contributed by atoms with E-state index in [0.29, 0.717) is 12.6 Å². The van der Waals surface area contributed by atoms with Gasteiger partial charge in [0, 0.05) is 29.7 Å². The summed E-state index contributed by atoms with van der Waals surface area (Å²) in [6.45, 7) is 2.30. The van der Waals surface area contributed by atoms with E-state index >= 15 is 0 Å². The van der Waals surface area contributed by atoms with Crippen molar-refractivity contribution in [3.05, 3.63) is 52.2 Å². The number of anilines is 1. The van der Waals surface area contributed by atoms with Crippen molar-refractivity contribution in [1.29, 1.82) is 0 Å². The maximum absolute atomic E-state index is 12.9. The fraction of sp³-hybridized carbons (Fsp3) is 0.421. The van der Waals surface area contributed by atoms with Crippen molar-refractivity contribution < 1.29 is 4.79 Å². The van der Waals surface area contributed by atoms with Crippen LogP contribution >= 0.6 is 11.3 Å². The minimum absolute atomic E-state index is 0.251. The number of benzene rings is 1. The molecule has 1 fully saturated rings. The third-order valence-corrected chi connectivity index (χ3v) is 5.61. The number of rotatable bonds is 5. The molecule has 0 spiro atoms. The molecule has 0 radical (unpaired) electrons. The third-order valence-electron chi connectivity index (χ3n) is 4.75. The molecule has 1 saturated carbocycles. The Balaban J connectivity index is 1.48. The molecule has 23 heavy (non-hydrogen) atoms. The van der Waals surface area contributed by atoms with Gasteiger partial charge in [0.25, 0.3) is 0 Å². The molecule has 2 heterocycles. The first-order valence-electron chi connectivity index (χ1n) is 8.46. The van der Waals surface area contributed by atoms with Crippen LogP contribution in [0.25, 0.3) is 0 Å². The molecule has 1 aromatic carbocycles. The van der Waals surface area contributed by atoms with Crippen LogP contribution in [0.1, 0.15) is 29.7 Å². The molecule has 0 saturated heterocycles. The summed E-state index contributed by atoms with van der Waals surface area (Å²) in [5.74, 6) is 0.251. The SMILES string of the molecule is O=C(CN(Cc1cccs1)C1CC1)N1CCCc2ccccc21. The normalized spacial score (nSPS) is 17.3. The first kappa shape index (κ1) is 14.9. The van der Waals surface area contributed by atoms with Gasteiger partial charge in [-0.1, -0.05) is 24.3 Å². The van der Waals surface area contributed by atoms with Crippen LogP contribution in [0.3, 0.4) is 0 Å². The molecule has 2 aliphatic rings. The predicted octanol–water partition coefficient (Wildman–Crippen LogP) is 3.69. The van der Waals surface area contributed by atoms with E-state index in [-0.39, 0.29) is 5.91 Å². The number of hydrogen-bond donors (Lipinski definition) is 0. The lowest BCUT2D eigenvalue weighted by molar-refractivity contribution is -0.120. The van der Waals surface area contributed by atoms with Crippen molar-refractivity contribution in [1.82, 2.24) is 4.90 Å². The highest BCUT2D eigenvalue weighted by Crippen LogP contribution is 2.31. The first-order chi connectivity index (χ1) is 11.3. The van der Waals surface area contributed by atoms with Gasteiger partial charge in [0.1, 0.15) is 0 Å². The van der Waals surface area contributed by atoms with Crippen LogP contribution in [-0.4, -0.2) is 29.9 Å². The van der Waals surface area contributed by atoms with Crippen molar-refractivity contribution in [2.75, 3.05) is 18.0 Å². The zero-order chi connectivity index (χ0) is 15.6. The molecular weight excluding hydrogens is 304 g/mol. The second-order valence-electron chi connectivity index (χ2n) is 6.49. The molecule has 120 valence electrons. The fourth-order valence-electron chi connectivity index (χ4n) is 3.41. The zero-order valence-corrected chi connectivity index (χ0v) is 14.1. The van der Waals surface area contributed by atoms with Gasteiger partial charge in [-0.15, -0.1) is 11.3 Å². The van der Waals surface area contributed by atoms with Crippen LogP contribution < -0.4 is 4.90 Å². The Morgan fingerprint density at radius 3 is 2.87 bits per heavy atom. The Kier molecular flexibility index (Phi) is 4.19. The summed E-state index contributed by atoms with van der Waals surface area (Å²) in [5, 5.41) is 2.11. The molecule has 1 amide bonds. The van der Waals surface area contributed by atoms with E-state index in [1.165, 1.54) is 23.3 Å². The maximum Gasteiger partial charge on any atom is 0.241 e. The maximum atomic E-state index is 12.9. The van der Waals surface area contributed by atoms with E-state index in [1.54, 1.807) is 11.3 Å². The lowest BCUT2D eigenvalue weighted by Gasteiger charge is -2.31. The van der Waals surface area contributed by atoms with Crippen LogP contribution in [0.15, 0.2) is 41.8 Å². The van der Waals surface area contributed by atoms with Crippen molar-refractivity contribution in [3.63, 3.8) is 0 Å². The average molecular weight is 326 g/mol. The number of para-hydroxylation sites is 1. The Hall–Kier alpha value is -1.65. The van der Waals surface area contributed by atoms with Gasteiger partial charge in [-0.2, -0.15) is 0 Å². The number of amides is 1. The van der Waals surface area contributed by atoms with Gasteiger partial charge in [0.15, 0.2) is 0 Å². The molecular formula is C19H22N2OS. The van der Waals surface area contributed by atoms with E-state index < -0.39 is 0 Å². The predicted molar refractivity (Wildman–Crippen MR) is 94.9 cm³/mol. The van der Waals surface area contributed by atoms with Crippen LogP contribution in [0.5, 0.6) is 0 Å². The lowest BCUT2D eigenvalue weighted by atomic mass is 10.0. The monoisotopic (exact) mass is 326 g/mol. The molecule has 1 aromatic heterocycles. The number of aryl methyl sites for hydroxylation is 1. The summed E-state index contributed by atoms with van der Waals surface area (Å²) in [5.41, 5.74) is 2.43. The average Bonchev–Trinajstić information content (AvgIpc) is 3.31. The van der Waals surface area contributed by atoms with E-state index in [0.717, 1.165) is 31.6 Å². The number of carbonyl (C=O) groups is 1. The number of fused-ring (bicyclic) bond motifs is 1. The Morgan fingerprint density at radius 1 is 1.22 bits per heavy atom. The van der Waals surface area contributed by atoms with Gasteiger partial charge in [0.05, 0.1) is 6.54 Å². The Morgan fingerprint density at radius 2 is 2.09 bits per heavy atom. The number of thiophene rings is 1. The minimum Gasteiger partial charge on any atom is -0.311 e. The molecule has 3 nitrogen and oxygen atoms in total. The summed E-state index contributed by atoms with van der Waals surface area (Å²) >= 11 is 1.78. The molecule has 1 aliphatic heterocycles. The highest BCUT2D eigenvalue weighted by Gasteiger charge is 2.32. The van der Waals surface area contributed by atoms with Gasteiger partial charge in [-0.25, -0.2) is 0 Å². The lowest BCUT2D eigenvalue weighted by Crippen LogP contribution is -2.43. The summed E-state index contributed by atoms with van der Waals surface area (Å²) < 4.78 is 0. The summed E-state index contributed by atoms with van der Waals surface area (Å²) in [6, 6.07) is 13.2. The van der Waals surface area contributed by atoms with E-state index in [4.69, 9.17) is 0 Å². The highest BCUT2D eigenvalue weighted by atomic mass is 32.1. The largest absolute Gasteiger partial charge is 0.311 e. The Bertz CT molecular complexity index is 678. The second-order valence-corrected chi connectivity index (χ2v) is 7.53. The molecule has 0 N–H and O–H groups in total. The second kappa shape index (κ2) is 6.46.